The number of halogens is 1. The summed E-state index contributed by atoms with van der Waals surface area (Å²) in [5.41, 5.74) is 1.92. The molecule has 0 saturated heterocycles. The van der Waals surface area contributed by atoms with Crippen molar-refractivity contribution in [1.29, 1.82) is 0 Å². The Labute approximate surface area is 143 Å². The fourth-order valence-corrected chi connectivity index (χ4v) is 2.79. The molecule has 24 heavy (non-hydrogen) atoms. The van der Waals surface area contributed by atoms with E-state index in [1.165, 1.54) is 0 Å². The normalized spacial score (nSPS) is 12.9. The molecule has 0 atom stereocenters. The van der Waals surface area contributed by atoms with E-state index >= 15 is 0 Å². The molecule has 4 rings (SSSR count). The number of aromatic nitrogens is 1. The van der Waals surface area contributed by atoms with Crippen LogP contribution in [-0.2, 0) is 0 Å². The lowest BCUT2D eigenvalue weighted by Gasteiger charge is -2.18. The van der Waals surface area contributed by atoms with E-state index in [4.69, 9.17) is 21.1 Å². The molecule has 0 unspecified atom stereocenters. The van der Waals surface area contributed by atoms with Gasteiger partial charge in [-0.3, -0.25) is 9.78 Å². The fourth-order valence-electron chi connectivity index (χ4n) is 2.58. The number of pyridine rings is 1. The summed E-state index contributed by atoms with van der Waals surface area (Å²) >= 11 is 6.18. The molecule has 0 aliphatic carbocycles. The summed E-state index contributed by atoms with van der Waals surface area (Å²) in [5, 5.41) is 4.25. The minimum atomic E-state index is -0.230. The number of hydrogen-bond donors (Lipinski definition) is 1. The first-order chi connectivity index (χ1) is 11.7. The van der Waals surface area contributed by atoms with Gasteiger partial charge in [-0.15, -0.1) is 0 Å². The first-order valence-electron chi connectivity index (χ1n) is 7.46. The standard InChI is InChI=1S/C18H13ClN2O3/c19-14-5-6-20-15-3-2-12(10-13(14)15)21-18(22)11-1-4-16-17(9-11)24-8-7-23-16/h1-6,9-10H,7-8H2,(H,21,22). The van der Waals surface area contributed by atoms with Gasteiger partial charge in [-0.05, 0) is 42.5 Å². The quantitative estimate of drug-likeness (QED) is 0.768. The van der Waals surface area contributed by atoms with Crippen LogP contribution in [0.5, 0.6) is 11.5 Å². The summed E-state index contributed by atoms with van der Waals surface area (Å²) in [5.74, 6) is 1.01. The van der Waals surface area contributed by atoms with Crippen LogP contribution in [0.1, 0.15) is 10.4 Å². The number of hydrogen-bond acceptors (Lipinski definition) is 4. The number of carbonyl (C=O) groups is 1. The third-order valence-corrected chi connectivity index (χ3v) is 4.08. The first-order valence-corrected chi connectivity index (χ1v) is 7.84. The Morgan fingerprint density at radius 3 is 2.75 bits per heavy atom. The number of anilines is 1. The number of fused-ring (bicyclic) bond motifs is 2. The summed E-state index contributed by atoms with van der Waals surface area (Å²) in [6, 6.07) is 12.3. The molecular weight excluding hydrogens is 328 g/mol. The van der Waals surface area contributed by atoms with Crippen LogP contribution in [0.4, 0.5) is 5.69 Å². The maximum absolute atomic E-state index is 12.5. The molecule has 6 heteroatoms. The van der Waals surface area contributed by atoms with Crippen molar-refractivity contribution in [3.63, 3.8) is 0 Å². The van der Waals surface area contributed by atoms with Crippen molar-refractivity contribution in [2.24, 2.45) is 0 Å². The summed E-state index contributed by atoms with van der Waals surface area (Å²) in [7, 11) is 0. The van der Waals surface area contributed by atoms with Crippen LogP contribution in [0.15, 0.2) is 48.7 Å². The molecule has 0 radical (unpaired) electrons. The van der Waals surface area contributed by atoms with E-state index in [-0.39, 0.29) is 5.91 Å². The Hall–Kier alpha value is -2.79. The Morgan fingerprint density at radius 2 is 1.88 bits per heavy atom. The highest BCUT2D eigenvalue weighted by atomic mass is 35.5. The topological polar surface area (TPSA) is 60.5 Å². The SMILES string of the molecule is O=C(Nc1ccc2nccc(Cl)c2c1)c1ccc2c(c1)OCCO2. The van der Waals surface area contributed by atoms with Crippen molar-refractivity contribution >= 4 is 34.1 Å². The molecule has 1 aromatic heterocycles. The van der Waals surface area contributed by atoms with Gasteiger partial charge >= 0.3 is 0 Å². The number of benzene rings is 2. The second-order valence-electron chi connectivity index (χ2n) is 5.34. The van der Waals surface area contributed by atoms with Gasteiger partial charge in [0, 0.05) is 22.8 Å². The van der Waals surface area contributed by atoms with Gasteiger partial charge in [0.05, 0.1) is 10.5 Å². The lowest BCUT2D eigenvalue weighted by atomic mass is 10.1. The zero-order chi connectivity index (χ0) is 16.5. The van der Waals surface area contributed by atoms with Crippen LogP contribution in [0.2, 0.25) is 5.02 Å². The number of ether oxygens (including phenoxy) is 2. The average molecular weight is 341 g/mol. The van der Waals surface area contributed by atoms with E-state index in [1.54, 1.807) is 42.6 Å². The fraction of sp³-hybridized carbons (Fsp3) is 0.111. The molecule has 5 nitrogen and oxygen atoms in total. The second kappa shape index (κ2) is 6.02. The molecule has 2 aromatic carbocycles. The molecule has 3 aromatic rings. The smallest absolute Gasteiger partial charge is 0.255 e. The van der Waals surface area contributed by atoms with E-state index < -0.39 is 0 Å². The molecule has 1 aliphatic heterocycles. The van der Waals surface area contributed by atoms with Gasteiger partial charge in [0.1, 0.15) is 13.2 Å². The Morgan fingerprint density at radius 1 is 1.04 bits per heavy atom. The number of nitrogens with zero attached hydrogens (tertiary/aromatic N) is 1. The van der Waals surface area contributed by atoms with Crippen LogP contribution in [-0.4, -0.2) is 24.1 Å². The van der Waals surface area contributed by atoms with E-state index in [2.05, 4.69) is 10.3 Å². The van der Waals surface area contributed by atoms with Crippen molar-refractivity contribution in [3.8, 4) is 11.5 Å². The Balaban J connectivity index is 1.61. The monoisotopic (exact) mass is 340 g/mol. The third kappa shape index (κ3) is 2.74. The minimum absolute atomic E-state index is 0.230. The minimum Gasteiger partial charge on any atom is -0.486 e. The summed E-state index contributed by atoms with van der Waals surface area (Å²) < 4.78 is 11.0. The zero-order valence-corrected chi connectivity index (χ0v) is 13.3. The lowest BCUT2D eigenvalue weighted by Crippen LogP contribution is -2.17. The molecular formula is C18H13ClN2O3. The number of carbonyl (C=O) groups excluding carboxylic acids is 1. The molecule has 0 saturated carbocycles. The highest BCUT2D eigenvalue weighted by Gasteiger charge is 2.15. The van der Waals surface area contributed by atoms with Crippen molar-refractivity contribution in [2.45, 2.75) is 0 Å². The van der Waals surface area contributed by atoms with Gasteiger partial charge < -0.3 is 14.8 Å². The van der Waals surface area contributed by atoms with Crippen molar-refractivity contribution in [2.75, 3.05) is 18.5 Å². The Kier molecular flexibility index (Phi) is 3.70. The number of nitrogens with one attached hydrogen (secondary N) is 1. The van der Waals surface area contributed by atoms with E-state index in [0.717, 1.165) is 10.9 Å². The largest absolute Gasteiger partial charge is 0.486 e. The molecule has 0 bridgehead atoms. The number of rotatable bonds is 2. The van der Waals surface area contributed by atoms with Crippen molar-refractivity contribution in [3.05, 3.63) is 59.2 Å². The van der Waals surface area contributed by atoms with Gasteiger partial charge in [-0.25, -0.2) is 0 Å². The van der Waals surface area contributed by atoms with Crippen LogP contribution >= 0.6 is 11.6 Å². The van der Waals surface area contributed by atoms with Gasteiger partial charge in [0.2, 0.25) is 0 Å². The van der Waals surface area contributed by atoms with Crippen LogP contribution < -0.4 is 14.8 Å². The van der Waals surface area contributed by atoms with E-state index in [1.807, 2.05) is 6.07 Å². The maximum atomic E-state index is 12.5. The number of amides is 1. The van der Waals surface area contributed by atoms with E-state index in [0.29, 0.717) is 41.0 Å². The summed E-state index contributed by atoms with van der Waals surface area (Å²) in [4.78, 5) is 16.7. The zero-order valence-electron chi connectivity index (χ0n) is 12.6. The van der Waals surface area contributed by atoms with Crippen molar-refractivity contribution < 1.29 is 14.3 Å². The highest BCUT2D eigenvalue weighted by molar-refractivity contribution is 6.35. The highest BCUT2D eigenvalue weighted by Crippen LogP contribution is 2.31. The predicted molar refractivity (Wildman–Crippen MR) is 92.1 cm³/mol. The molecule has 2 heterocycles. The van der Waals surface area contributed by atoms with Crippen LogP contribution in [0, 0.1) is 0 Å². The first kappa shape index (κ1) is 14.8. The summed E-state index contributed by atoms with van der Waals surface area (Å²) in [6.45, 7) is 0.999. The molecule has 1 aliphatic rings. The van der Waals surface area contributed by atoms with Crippen LogP contribution in [0.25, 0.3) is 10.9 Å². The molecule has 0 fully saturated rings. The molecule has 1 amide bonds. The maximum Gasteiger partial charge on any atom is 0.255 e. The third-order valence-electron chi connectivity index (χ3n) is 3.75. The van der Waals surface area contributed by atoms with Gasteiger partial charge in [-0.1, -0.05) is 11.6 Å². The molecule has 0 spiro atoms. The van der Waals surface area contributed by atoms with E-state index in [9.17, 15) is 4.79 Å². The van der Waals surface area contributed by atoms with Gasteiger partial charge in [-0.2, -0.15) is 0 Å². The van der Waals surface area contributed by atoms with Crippen LogP contribution in [0.3, 0.4) is 0 Å². The predicted octanol–water partition coefficient (Wildman–Crippen LogP) is 3.91. The molecule has 1 N–H and O–H groups in total. The van der Waals surface area contributed by atoms with Gasteiger partial charge in [0.25, 0.3) is 5.91 Å². The summed E-state index contributed by atoms with van der Waals surface area (Å²) in [6.07, 6.45) is 1.65. The lowest BCUT2D eigenvalue weighted by molar-refractivity contribution is 0.102. The van der Waals surface area contributed by atoms with Crippen molar-refractivity contribution in [1.82, 2.24) is 4.98 Å². The average Bonchev–Trinajstić information content (AvgIpc) is 2.62. The second-order valence-corrected chi connectivity index (χ2v) is 5.74. The Bertz CT molecular complexity index is 943. The molecule has 120 valence electrons. The van der Waals surface area contributed by atoms with Gasteiger partial charge in [0.15, 0.2) is 11.5 Å².